The number of hydrogen-bond acceptors (Lipinski definition) is 5. The van der Waals surface area contributed by atoms with Crippen molar-refractivity contribution in [1.82, 2.24) is 14.9 Å². The van der Waals surface area contributed by atoms with E-state index in [1.165, 1.54) is 6.07 Å². The fraction of sp³-hybridized carbons (Fsp3) is 0.353. The maximum atomic E-state index is 13.7. The minimum Gasteiger partial charge on any atom is -0.353 e. The lowest BCUT2D eigenvalue weighted by molar-refractivity contribution is -0.0280. The van der Waals surface area contributed by atoms with E-state index in [1.54, 1.807) is 24.5 Å². The Labute approximate surface area is 133 Å². The number of anilines is 1. The van der Waals surface area contributed by atoms with Gasteiger partial charge < -0.3 is 4.90 Å². The van der Waals surface area contributed by atoms with Gasteiger partial charge in [-0.15, -0.1) is 0 Å². The second-order valence-corrected chi connectivity index (χ2v) is 6.52. The van der Waals surface area contributed by atoms with Crippen LogP contribution >= 0.6 is 0 Å². The second-order valence-electron chi connectivity index (χ2n) is 6.52. The van der Waals surface area contributed by atoms with Crippen LogP contribution in [0, 0.1) is 11.2 Å². The molecule has 0 bridgehead atoms. The molecule has 23 heavy (non-hydrogen) atoms. The molecule has 2 aromatic heterocycles. The average Bonchev–Trinajstić information content (AvgIpc) is 2.50. The molecule has 0 unspecified atom stereocenters. The molecule has 0 atom stereocenters. The molecule has 0 aliphatic carbocycles. The van der Waals surface area contributed by atoms with Crippen molar-refractivity contribution >= 4 is 12.1 Å². The van der Waals surface area contributed by atoms with E-state index in [9.17, 15) is 9.18 Å². The third-order valence-electron chi connectivity index (χ3n) is 4.58. The lowest BCUT2D eigenvalue weighted by Crippen LogP contribution is -2.72. The van der Waals surface area contributed by atoms with Gasteiger partial charge in [0.05, 0.1) is 0 Å². The number of halogens is 1. The van der Waals surface area contributed by atoms with E-state index in [-0.39, 0.29) is 11.2 Å². The van der Waals surface area contributed by atoms with Crippen LogP contribution in [0.4, 0.5) is 10.2 Å². The summed E-state index contributed by atoms with van der Waals surface area (Å²) < 4.78 is 13.7. The zero-order valence-corrected chi connectivity index (χ0v) is 12.7. The van der Waals surface area contributed by atoms with Gasteiger partial charge in [0, 0.05) is 50.5 Å². The first kappa shape index (κ1) is 14.3. The van der Waals surface area contributed by atoms with Crippen LogP contribution in [0.3, 0.4) is 0 Å². The standard InChI is InChI=1S/C17H17FN4O/c18-15-2-1-5-19-16(15)22-11-17(12-22)9-21(10-17)7-13-3-4-14(8-23)20-6-13/h1-6,8H,7,9-12H2. The molecule has 6 heteroatoms. The van der Waals surface area contributed by atoms with Crippen molar-refractivity contribution in [2.75, 3.05) is 31.1 Å². The molecule has 4 heterocycles. The number of likely N-dealkylation sites (tertiary alicyclic amines) is 1. The number of rotatable bonds is 4. The zero-order chi connectivity index (χ0) is 15.9. The third kappa shape index (κ3) is 2.59. The maximum absolute atomic E-state index is 13.7. The van der Waals surface area contributed by atoms with Gasteiger partial charge in [0.15, 0.2) is 17.9 Å². The first-order valence-electron chi connectivity index (χ1n) is 7.65. The monoisotopic (exact) mass is 312 g/mol. The molecule has 2 saturated heterocycles. The Bertz CT molecular complexity index is 720. The van der Waals surface area contributed by atoms with E-state index in [0.717, 1.165) is 44.6 Å². The van der Waals surface area contributed by atoms with Gasteiger partial charge in [-0.05, 0) is 23.8 Å². The fourth-order valence-corrected chi connectivity index (χ4v) is 3.59. The summed E-state index contributed by atoms with van der Waals surface area (Å²) >= 11 is 0. The zero-order valence-electron chi connectivity index (χ0n) is 12.7. The summed E-state index contributed by atoms with van der Waals surface area (Å²) in [6, 6.07) is 6.75. The number of hydrogen-bond donors (Lipinski definition) is 0. The minimum absolute atomic E-state index is 0.250. The van der Waals surface area contributed by atoms with Crippen LogP contribution in [0.2, 0.25) is 0 Å². The molecule has 0 saturated carbocycles. The Morgan fingerprint density at radius 1 is 1.17 bits per heavy atom. The quantitative estimate of drug-likeness (QED) is 0.805. The number of carbonyl (C=O) groups is 1. The van der Waals surface area contributed by atoms with Crippen molar-refractivity contribution in [3.8, 4) is 0 Å². The van der Waals surface area contributed by atoms with Gasteiger partial charge in [-0.1, -0.05) is 6.07 Å². The number of aromatic nitrogens is 2. The highest BCUT2D eigenvalue weighted by Gasteiger charge is 2.52. The van der Waals surface area contributed by atoms with Crippen LogP contribution < -0.4 is 4.90 Å². The topological polar surface area (TPSA) is 49.3 Å². The maximum Gasteiger partial charge on any atom is 0.168 e. The molecule has 2 aliphatic rings. The van der Waals surface area contributed by atoms with Crippen LogP contribution in [0.1, 0.15) is 16.1 Å². The Balaban J connectivity index is 1.31. The van der Waals surface area contributed by atoms with Gasteiger partial charge in [0.1, 0.15) is 5.69 Å². The van der Waals surface area contributed by atoms with Crippen LogP contribution in [-0.4, -0.2) is 47.3 Å². The van der Waals surface area contributed by atoms with Gasteiger partial charge >= 0.3 is 0 Å². The summed E-state index contributed by atoms with van der Waals surface area (Å²) in [4.78, 5) is 23.2. The molecular formula is C17H17FN4O. The van der Waals surface area contributed by atoms with E-state index in [1.807, 2.05) is 11.0 Å². The lowest BCUT2D eigenvalue weighted by Gasteiger charge is -2.60. The largest absolute Gasteiger partial charge is 0.353 e. The second kappa shape index (κ2) is 5.38. The van der Waals surface area contributed by atoms with Crippen molar-refractivity contribution < 1.29 is 9.18 Å². The smallest absolute Gasteiger partial charge is 0.168 e. The lowest BCUT2D eigenvalue weighted by atomic mass is 9.72. The van der Waals surface area contributed by atoms with Gasteiger partial charge in [-0.2, -0.15) is 0 Å². The first-order valence-corrected chi connectivity index (χ1v) is 7.65. The Kier molecular flexibility index (Phi) is 3.34. The predicted molar refractivity (Wildman–Crippen MR) is 83.7 cm³/mol. The van der Waals surface area contributed by atoms with E-state index in [2.05, 4.69) is 14.9 Å². The van der Waals surface area contributed by atoms with Crippen LogP contribution in [0.25, 0.3) is 0 Å². The molecule has 0 amide bonds. The number of pyridine rings is 2. The molecule has 4 rings (SSSR count). The van der Waals surface area contributed by atoms with Crippen LogP contribution in [0.5, 0.6) is 0 Å². The summed E-state index contributed by atoms with van der Waals surface area (Å²) in [5.41, 5.74) is 1.85. The van der Waals surface area contributed by atoms with Gasteiger partial charge in [-0.3, -0.25) is 14.7 Å². The molecule has 2 fully saturated rings. The highest BCUT2D eigenvalue weighted by atomic mass is 19.1. The van der Waals surface area contributed by atoms with Gasteiger partial charge in [0.25, 0.3) is 0 Å². The third-order valence-corrected chi connectivity index (χ3v) is 4.58. The highest BCUT2D eigenvalue weighted by molar-refractivity contribution is 5.71. The number of carbonyl (C=O) groups excluding carboxylic acids is 1. The molecular weight excluding hydrogens is 295 g/mol. The Morgan fingerprint density at radius 2 is 2.00 bits per heavy atom. The van der Waals surface area contributed by atoms with E-state index < -0.39 is 0 Å². The summed E-state index contributed by atoms with van der Waals surface area (Å²) in [6.45, 7) is 4.58. The summed E-state index contributed by atoms with van der Waals surface area (Å²) in [5.74, 6) is 0.213. The summed E-state index contributed by atoms with van der Waals surface area (Å²) in [6.07, 6.45) is 4.14. The Morgan fingerprint density at radius 3 is 2.65 bits per heavy atom. The van der Waals surface area contributed by atoms with Crippen molar-refractivity contribution in [3.63, 3.8) is 0 Å². The van der Waals surface area contributed by atoms with Gasteiger partial charge in [-0.25, -0.2) is 9.37 Å². The first-order chi connectivity index (χ1) is 11.2. The fourth-order valence-electron chi connectivity index (χ4n) is 3.59. The summed E-state index contributed by atoms with van der Waals surface area (Å²) in [7, 11) is 0. The molecule has 0 radical (unpaired) electrons. The molecule has 2 aliphatic heterocycles. The Hall–Kier alpha value is -2.34. The predicted octanol–water partition coefficient (Wildman–Crippen LogP) is 1.75. The van der Waals surface area contributed by atoms with Crippen molar-refractivity contribution in [2.24, 2.45) is 5.41 Å². The van der Waals surface area contributed by atoms with Crippen LogP contribution in [0.15, 0.2) is 36.7 Å². The van der Waals surface area contributed by atoms with Crippen molar-refractivity contribution in [2.45, 2.75) is 6.54 Å². The van der Waals surface area contributed by atoms with Gasteiger partial charge in [0.2, 0.25) is 0 Å². The molecule has 118 valence electrons. The number of aldehydes is 1. The molecule has 0 N–H and O–H groups in total. The van der Waals surface area contributed by atoms with E-state index >= 15 is 0 Å². The molecule has 0 aromatic carbocycles. The normalized spacial score (nSPS) is 19.3. The summed E-state index contributed by atoms with van der Waals surface area (Å²) in [5, 5.41) is 0. The molecule has 1 spiro atoms. The van der Waals surface area contributed by atoms with E-state index in [0.29, 0.717) is 11.5 Å². The van der Waals surface area contributed by atoms with E-state index in [4.69, 9.17) is 0 Å². The average molecular weight is 312 g/mol. The highest BCUT2D eigenvalue weighted by Crippen LogP contribution is 2.42. The van der Waals surface area contributed by atoms with Crippen molar-refractivity contribution in [1.29, 1.82) is 0 Å². The number of nitrogens with zero attached hydrogens (tertiary/aromatic N) is 4. The van der Waals surface area contributed by atoms with Crippen LogP contribution in [-0.2, 0) is 6.54 Å². The van der Waals surface area contributed by atoms with Crippen molar-refractivity contribution in [3.05, 3.63) is 53.7 Å². The SMILES string of the molecule is O=Cc1ccc(CN2CC3(C2)CN(c2ncccc2F)C3)cn1. The molecule has 5 nitrogen and oxygen atoms in total. The minimum atomic E-state index is -0.250. The molecule has 2 aromatic rings.